The molecule has 0 radical (unpaired) electrons. The van der Waals surface area contributed by atoms with Crippen molar-refractivity contribution in [3.63, 3.8) is 0 Å². The highest BCUT2D eigenvalue weighted by Gasteiger charge is 2.23. The van der Waals surface area contributed by atoms with Gasteiger partial charge in [0.1, 0.15) is 5.82 Å². The van der Waals surface area contributed by atoms with Crippen LogP contribution in [-0.4, -0.2) is 75.2 Å². The highest BCUT2D eigenvalue weighted by molar-refractivity contribution is 6.31. The van der Waals surface area contributed by atoms with Crippen LogP contribution in [0.25, 0.3) is 0 Å². The fourth-order valence-corrected chi connectivity index (χ4v) is 3.90. The predicted octanol–water partition coefficient (Wildman–Crippen LogP) is 3.34. The molecule has 1 aromatic rings. The van der Waals surface area contributed by atoms with E-state index in [1.165, 1.54) is 51.3 Å². The van der Waals surface area contributed by atoms with E-state index >= 15 is 0 Å². The number of guanidine groups is 1. The molecule has 1 aromatic carbocycles. The molecule has 0 saturated carbocycles. The standard InChI is InChI=1S/C22H37ClFN5/c1-5-25-21(26-10-6-7-11-29-14-12-28(4)13-15-29)27-17-22(2,3)19-9-8-18(24)16-20(19)23/h8-9,16H,5-7,10-15,17H2,1-4H3,(H2,25,26,27). The Kier molecular flexibility index (Phi) is 9.66. The molecule has 0 atom stereocenters. The van der Waals surface area contributed by atoms with Crippen molar-refractivity contribution < 1.29 is 4.39 Å². The SMILES string of the molecule is CCNC(=NCC(C)(C)c1ccc(F)cc1Cl)NCCCCN1CCN(C)CC1. The van der Waals surface area contributed by atoms with Gasteiger partial charge in [-0.2, -0.15) is 0 Å². The highest BCUT2D eigenvalue weighted by Crippen LogP contribution is 2.30. The summed E-state index contributed by atoms with van der Waals surface area (Å²) in [7, 11) is 2.19. The Labute approximate surface area is 180 Å². The zero-order valence-electron chi connectivity index (χ0n) is 18.4. The van der Waals surface area contributed by atoms with Gasteiger partial charge in [0.2, 0.25) is 0 Å². The van der Waals surface area contributed by atoms with E-state index in [2.05, 4.69) is 48.3 Å². The molecule has 2 N–H and O–H groups in total. The normalized spacial score (nSPS) is 16.8. The van der Waals surface area contributed by atoms with Crippen LogP contribution in [0.3, 0.4) is 0 Å². The third-order valence-corrected chi connectivity index (χ3v) is 5.74. The molecule has 1 fully saturated rings. The minimum Gasteiger partial charge on any atom is -0.357 e. The Balaban J connectivity index is 1.79. The van der Waals surface area contributed by atoms with Crippen LogP contribution in [0.1, 0.15) is 39.2 Å². The fraction of sp³-hybridized carbons (Fsp3) is 0.682. The second-order valence-electron chi connectivity index (χ2n) is 8.48. The van der Waals surface area contributed by atoms with E-state index in [-0.39, 0.29) is 11.2 Å². The second kappa shape index (κ2) is 11.7. The Morgan fingerprint density at radius 2 is 1.90 bits per heavy atom. The summed E-state index contributed by atoms with van der Waals surface area (Å²) in [5.74, 6) is 0.503. The van der Waals surface area contributed by atoms with Gasteiger partial charge in [-0.1, -0.05) is 31.5 Å². The van der Waals surface area contributed by atoms with Gasteiger partial charge in [0, 0.05) is 49.7 Å². The van der Waals surface area contributed by atoms with Gasteiger partial charge in [0.15, 0.2) is 5.96 Å². The summed E-state index contributed by atoms with van der Waals surface area (Å²) >= 11 is 6.25. The van der Waals surface area contributed by atoms with Crippen LogP contribution in [0.15, 0.2) is 23.2 Å². The van der Waals surface area contributed by atoms with E-state index in [0.29, 0.717) is 11.6 Å². The average Bonchev–Trinajstić information content (AvgIpc) is 2.67. The first kappa shape index (κ1) is 23.9. The van der Waals surface area contributed by atoms with Crippen molar-refractivity contribution in [2.45, 2.75) is 39.0 Å². The first-order chi connectivity index (χ1) is 13.8. The Morgan fingerprint density at radius 1 is 1.17 bits per heavy atom. The zero-order chi connectivity index (χ0) is 21.3. The van der Waals surface area contributed by atoms with Crippen LogP contribution in [-0.2, 0) is 5.41 Å². The fourth-order valence-electron chi connectivity index (χ4n) is 3.48. The Bertz CT molecular complexity index is 657. The van der Waals surface area contributed by atoms with E-state index in [4.69, 9.17) is 16.6 Å². The summed E-state index contributed by atoms with van der Waals surface area (Å²) in [4.78, 5) is 9.68. The van der Waals surface area contributed by atoms with Gasteiger partial charge in [-0.15, -0.1) is 0 Å². The molecule has 1 aliphatic rings. The number of nitrogens with one attached hydrogen (secondary N) is 2. The van der Waals surface area contributed by atoms with Crippen molar-refractivity contribution in [3.05, 3.63) is 34.6 Å². The maximum atomic E-state index is 13.4. The molecular formula is C22H37ClFN5. The van der Waals surface area contributed by atoms with Crippen LogP contribution >= 0.6 is 11.6 Å². The van der Waals surface area contributed by atoms with Crippen LogP contribution < -0.4 is 10.6 Å². The van der Waals surface area contributed by atoms with Gasteiger partial charge < -0.3 is 20.4 Å². The third kappa shape index (κ3) is 8.11. The van der Waals surface area contributed by atoms with Crippen molar-refractivity contribution in [1.82, 2.24) is 20.4 Å². The van der Waals surface area contributed by atoms with Gasteiger partial charge >= 0.3 is 0 Å². The van der Waals surface area contributed by atoms with Crippen molar-refractivity contribution in [2.75, 3.05) is 59.4 Å². The number of aliphatic imine (C=N–C) groups is 1. The number of unbranched alkanes of at least 4 members (excludes halogenated alkanes) is 1. The molecule has 5 nitrogen and oxygen atoms in total. The first-order valence-electron chi connectivity index (χ1n) is 10.7. The molecule has 0 aliphatic carbocycles. The average molecular weight is 426 g/mol. The van der Waals surface area contributed by atoms with E-state index in [0.717, 1.165) is 31.0 Å². The summed E-state index contributed by atoms with van der Waals surface area (Å²) in [6.45, 7) is 14.4. The van der Waals surface area contributed by atoms with Gasteiger partial charge in [-0.05, 0) is 51.1 Å². The molecule has 2 rings (SSSR count). The number of piperazine rings is 1. The molecule has 0 amide bonds. The largest absolute Gasteiger partial charge is 0.357 e. The lowest BCUT2D eigenvalue weighted by Crippen LogP contribution is -2.44. The van der Waals surface area contributed by atoms with Crippen molar-refractivity contribution in [2.24, 2.45) is 4.99 Å². The van der Waals surface area contributed by atoms with Crippen molar-refractivity contribution >= 4 is 17.6 Å². The zero-order valence-corrected chi connectivity index (χ0v) is 19.2. The van der Waals surface area contributed by atoms with E-state index < -0.39 is 0 Å². The van der Waals surface area contributed by atoms with Gasteiger partial charge in [-0.3, -0.25) is 4.99 Å². The van der Waals surface area contributed by atoms with Gasteiger partial charge in [0.05, 0.1) is 6.54 Å². The molecule has 164 valence electrons. The van der Waals surface area contributed by atoms with Crippen LogP contribution in [0.5, 0.6) is 0 Å². The number of halogens is 2. The monoisotopic (exact) mass is 425 g/mol. The summed E-state index contributed by atoms with van der Waals surface area (Å²) < 4.78 is 13.4. The van der Waals surface area contributed by atoms with Crippen LogP contribution in [0.2, 0.25) is 5.02 Å². The molecule has 1 aliphatic heterocycles. The summed E-state index contributed by atoms with van der Waals surface area (Å²) in [5, 5.41) is 7.19. The summed E-state index contributed by atoms with van der Waals surface area (Å²) in [6.07, 6.45) is 2.30. The molecule has 7 heteroatoms. The number of benzene rings is 1. The lowest BCUT2D eigenvalue weighted by molar-refractivity contribution is 0.152. The maximum Gasteiger partial charge on any atom is 0.191 e. The quantitative estimate of drug-likeness (QED) is 0.362. The molecular weight excluding hydrogens is 389 g/mol. The lowest BCUT2D eigenvalue weighted by Gasteiger charge is -2.32. The van der Waals surface area contributed by atoms with Gasteiger partial charge in [0.25, 0.3) is 0 Å². The number of rotatable bonds is 9. The summed E-state index contributed by atoms with van der Waals surface area (Å²) in [5.41, 5.74) is 0.626. The molecule has 0 spiro atoms. The van der Waals surface area contributed by atoms with E-state index in [1.807, 2.05) is 0 Å². The maximum absolute atomic E-state index is 13.4. The Hall–Kier alpha value is -1.37. The minimum atomic E-state index is -0.315. The smallest absolute Gasteiger partial charge is 0.191 e. The van der Waals surface area contributed by atoms with Crippen molar-refractivity contribution in [3.8, 4) is 0 Å². The van der Waals surface area contributed by atoms with E-state index in [9.17, 15) is 4.39 Å². The first-order valence-corrected chi connectivity index (χ1v) is 11.1. The van der Waals surface area contributed by atoms with Crippen LogP contribution in [0.4, 0.5) is 4.39 Å². The number of likely N-dealkylation sites (N-methyl/N-ethyl adjacent to an activating group) is 1. The predicted molar refractivity (Wildman–Crippen MR) is 122 cm³/mol. The van der Waals surface area contributed by atoms with Gasteiger partial charge in [-0.25, -0.2) is 4.39 Å². The molecule has 0 aromatic heterocycles. The lowest BCUT2D eigenvalue weighted by atomic mass is 9.84. The molecule has 1 saturated heterocycles. The number of hydrogen-bond donors (Lipinski definition) is 2. The third-order valence-electron chi connectivity index (χ3n) is 5.43. The molecule has 1 heterocycles. The molecule has 0 unspecified atom stereocenters. The minimum absolute atomic E-state index is 0.283. The second-order valence-corrected chi connectivity index (χ2v) is 8.89. The number of hydrogen-bond acceptors (Lipinski definition) is 3. The number of nitrogens with zero attached hydrogens (tertiary/aromatic N) is 3. The van der Waals surface area contributed by atoms with Crippen LogP contribution in [0, 0.1) is 5.82 Å². The van der Waals surface area contributed by atoms with E-state index in [1.54, 1.807) is 6.07 Å². The Morgan fingerprint density at radius 3 is 2.55 bits per heavy atom. The highest BCUT2D eigenvalue weighted by atomic mass is 35.5. The summed E-state index contributed by atoms with van der Waals surface area (Å²) in [6, 6.07) is 4.58. The topological polar surface area (TPSA) is 42.9 Å². The van der Waals surface area contributed by atoms with Crippen molar-refractivity contribution in [1.29, 1.82) is 0 Å². The molecule has 29 heavy (non-hydrogen) atoms. The molecule has 0 bridgehead atoms.